The van der Waals surface area contributed by atoms with E-state index in [0.29, 0.717) is 11.1 Å². The first kappa shape index (κ1) is 18.7. The number of hydrogen-bond donors (Lipinski definition) is 2. The fraction of sp³-hybridized carbons (Fsp3) is 0. The number of hydrogen-bond acceptors (Lipinski definition) is 6. The maximum absolute atomic E-state index is 9.65. The predicted molar refractivity (Wildman–Crippen MR) is 113 cm³/mol. The Morgan fingerprint density at radius 1 is 0.464 bits per heavy atom. The van der Waals surface area contributed by atoms with Gasteiger partial charge in [0.05, 0.1) is 24.9 Å². The highest BCUT2D eigenvalue weighted by Crippen LogP contribution is 2.13. The fourth-order valence-electron chi connectivity index (χ4n) is 2.25. The zero-order valence-corrected chi connectivity index (χ0v) is 14.9. The van der Waals surface area contributed by atoms with E-state index in [0.717, 1.165) is 11.1 Å². The van der Waals surface area contributed by atoms with Gasteiger partial charge in [-0.05, 0) is 35.4 Å². The van der Waals surface area contributed by atoms with E-state index in [1.807, 2.05) is 36.4 Å². The van der Waals surface area contributed by atoms with E-state index in [4.69, 9.17) is 0 Å². The number of nitrogens with zero attached hydrogens (tertiary/aromatic N) is 4. The third-order valence-corrected chi connectivity index (χ3v) is 3.75. The monoisotopic (exact) mass is 370 g/mol. The van der Waals surface area contributed by atoms with E-state index in [2.05, 4.69) is 20.4 Å². The highest BCUT2D eigenvalue weighted by atomic mass is 16.3. The topological polar surface area (TPSA) is 89.9 Å². The lowest BCUT2D eigenvalue weighted by molar-refractivity contribution is 0.474. The van der Waals surface area contributed by atoms with Gasteiger partial charge < -0.3 is 10.2 Å². The van der Waals surface area contributed by atoms with Crippen molar-refractivity contribution in [1.82, 2.24) is 0 Å². The molecule has 0 fully saturated rings. The Balaban J connectivity index is 1.56. The van der Waals surface area contributed by atoms with Gasteiger partial charge in [0, 0.05) is 11.1 Å². The molecule has 0 amide bonds. The van der Waals surface area contributed by atoms with Gasteiger partial charge in [0.25, 0.3) is 0 Å². The highest BCUT2D eigenvalue weighted by Gasteiger charge is 1.95. The second-order valence-electron chi connectivity index (χ2n) is 5.76. The molecule has 28 heavy (non-hydrogen) atoms. The van der Waals surface area contributed by atoms with E-state index >= 15 is 0 Å². The largest absolute Gasteiger partial charge is 0.507 e. The molecule has 0 saturated heterocycles. The summed E-state index contributed by atoms with van der Waals surface area (Å²) >= 11 is 0. The molecule has 0 saturated carbocycles. The van der Waals surface area contributed by atoms with Crippen LogP contribution in [0.4, 0.5) is 0 Å². The average Bonchev–Trinajstić information content (AvgIpc) is 2.72. The molecule has 6 nitrogen and oxygen atoms in total. The molecule has 3 aromatic rings. The summed E-state index contributed by atoms with van der Waals surface area (Å²) < 4.78 is 0. The van der Waals surface area contributed by atoms with Crippen molar-refractivity contribution in [2.45, 2.75) is 0 Å². The van der Waals surface area contributed by atoms with Crippen LogP contribution in [0.25, 0.3) is 0 Å². The standard InChI is InChI=1S/C22H18N4O2/c27-21-7-3-1-5-19(21)15-25-23-13-17-9-11-18(12-10-17)14-24-26-16-20-6-2-4-8-22(20)28/h1-16,27-28H/b23-13?,24-14?,25-15+,26-16+. The third-order valence-electron chi connectivity index (χ3n) is 3.75. The molecule has 3 rings (SSSR count). The SMILES string of the molecule is Oc1ccccc1/C=N/N=Cc1ccc(C=N/N=C/c2ccccc2O)cc1. The Hall–Kier alpha value is -4.06. The van der Waals surface area contributed by atoms with Gasteiger partial charge in [-0.25, -0.2) is 0 Å². The lowest BCUT2D eigenvalue weighted by atomic mass is 10.2. The maximum Gasteiger partial charge on any atom is 0.124 e. The van der Waals surface area contributed by atoms with Crippen LogP contribution in [0.15, 0.2) is 93.2 Å². The molecule has 0 heterocycles. The first-order valence-electron chi connectivity index (χ1n) is 8.51. The predicted octanol–water partition coefficient (Wildman–Crippen LogP) is 4.00. The van der Waals surface area contributed by atoms with E-state index in [-0.39, 0.29) is 11.5 Å². The zero-order valence-electron chi connectivity index (χ0n) is 14.9. The van der Waals surface area contributed by atoms with Crippen molar-refractivity contribution in [2.75, 3.05) is 0 Å². The van der Waals surface area contributed by atoms with E-state index in [1.54, 1.807) is 48.8 Å². The van der Waals surface area contributed by atoms with Crippen LogP contribution in [0.5, 0.6) is 11.5 Å². The highest BCUT2D eigenvalue weighted by molar-refractivity contribution is 5.87. The fourth-order valence-corrected chi connectivity index (χ4v) is 2.25. The minimum atomic E-state index is 0.162. The Morgan fingerprint density at radius 3 is 1.21 bits per heavy atom. The summed E-state index contributed by atoms with van der Waals surface area (Å²) in [5, 5.41) is 35.1. The van der Waals surface area contributed by atoms with Crippen molar-refractivity contribution in [3.63, 3.8) is 0 Å². The van der Waals surface area contributed by atoms with E-state index < -0.39 is 0 Å². The van der Waals surface area contributed by atoms with Gasteiger partial charge in [0.2, 0.25) is 0 Å². The smallest absolute Gasteiger partial charge is 0.124 e. The molecule has 0 aliphatic rings. The zero-order chi connectivity index (χ0) is 19.6. The molecule has 2 N–H and O–H groups in total. The summed E-state index contributed by atoms with van der Waals surface area (Å²) in [6, 6.07) is 21.4. The quantitative estimate of drug-likeness (QED) is 0.507. The molecule has 0 spiro atoms. The first-order chi connectivity index (χ1) is 13.7. The Morgan fingerprint density at radius 2 is 0.821 bits per heavy atom. The molecule has 0 atom stereocenters. The lowest BCUT2D eigenvalue weighted by Gasteiger charge is -1.95. The van der Waals surface area contributed by atoms with Crippen LogP contribution in [0, 0.1) is 0 Å². The molecule has 138 valence electrons. The minimum absolute atomic E-state index is 0.162. The van der Waals surface area contributed by atoms with Gasteiger partial charge in [-0.3, -0.25) is 0 Å². The Kier molecular flexibility index (Phi) is 6.41. The summed E-state index contributed by atoms with van der Waals surface area (Å²) in [6.45, 7) is 0. The van der Waals surface area contributed by atoms with E-state index in [1.165, 1.54) is 12.4 Å². The summed E-state index contributed by atoms with van der Waals surface area (Å²) in [7, 11) is 0. The molecule has 3 aromatic carbocycles. The number of phenols is 2. The molecule has 0 aliphatic heterocycles. The van der Waals surface area contributed by atoms with Crippen LogP contribution >= 0.6 is 0 Å². The van der Waals surface area contributed by atoms with Gasteiger partial charge >= 0.3 is 0 Å². The number of para-hydroxylation sites is 2. The Bertz CT molecular complexity index is 954. The van der Waals surface area contributed by atoms with Crippen LogP contribution in [0.3, 0.4) is 0 Å². The normalized spacial score (nSPS) is 12.0. The van der Waals surface area contributed by atoms with Crippen LogP contribution in [0.2, 0.25) is 0 Å². The molecule has 0 unspecified atom stereocenters. The van der Waals surface area contributed by atoms with Crippen molar-refractivity contribution in [3.05, 3.63) is 95.1 Å². The molecule has 0 aromatic heterocycles. The second kappa shape index (κ2) is 9.59. The first-order valence-corrected chi connectivity index (χ1v) is 8.51. The van der Waals surface area contributed by atoms with Crippen LogP contribution in [0.1, 0.15) is 22.3 Å². The van der Waals surface area contributed by atoms with Gasteiger partial charge in [0.1, 0.15) is 11.5 Å². The number of rotatable bonds is 6. The lowest BCUT2D eigenvalue weighted by Crippen LogP contribution is -1.85. The van der Waals surface area contributed by atoms with Gasteiger partial charge in [-0.1, -0.05) is 48.5 Å². The van der Waals surface area contributed by atoms with Gasteiger partial charge in [-0.15, -0.1) is 0 Å². The number of benzene rings is 3. The number of aromatic hydroxyl groups is 2. The summed E-state index contributed by atoms with van der Waals surface area (Å²) in [5.74, 6) is 0.324. The van der Waals surface area contributed by atoms with Crippen LogP contribution in [-0.2, 0) is 0 Å². The van der Waals surface area contributed by atoms with Crippen molar-refractivity contribution in [3.8, 4) is 11.5 Å². The van der Waals surface area contributed by atoms with Gasteiger partial charge in [-0.2, -0.15) is 20.4 Å². The maximum atomic E-state index is 9.65. The van der Waals surface area contributed by atoms with Crippen LogP contribution in [-0.4, -0.2) is 35.1 Å². The molecular weight excluding hydrogens is 352 g/mol. The summed E-state index contributed by atoms with van der Waals surface area (Å²) in [6.07, 6.45) is 6.23. The summed E-state index contributed by atoms with van der Waals surface area (Å²) in [4.78, 5) is 0. The average molecular weight is 370 g/mol. The van der Waals surface area contributed by atoms with E-state index in [9.17, 15) is 10.2 Å². The van der Waals surface area contributed by atoms with Crippen molar-refractivity contribution < 1.29 is 10.2 Å². The minimum Gasteiger partial charge on any atom is -0.507 e. The van der Waals surface area contributed by atoms with Crippen LogP contribution < -0.4 is 0 Å². The third kappa shape index (κ3) is 5.47. The molecular formula is C22H18N4O2. The van der Waals surface area contributed by atoms with Crippen molar-refractivity contribution in [2.24, 2.45) is 20.4 Å². The molecule has 0 radical (unpaired) electrons. The second-order valence-corrected chi connectivity index (χ2v) is 5.76. The van der Waals surface area contributed by atoms with Crippen molar-refractivity contribution >= 4 is 24.9 Å². The molecule has 0 aliphatic carbocycles. The number of phenolic OH excluding ortho intramolecular Hbond substituents is 2. The van der Waals surface area contributed by atoms with Gasteiger partial charge in [0.15, 0.2) is 0 Å². The van der Waals surface area contributed by atoms with Crippen molar-refractivity contribution in [1.29, 1.82) is 0 Å². The molecule has 0 bridgehead atoms. The summed E-state index contributed by atoms with van der Waals surface area (Å²) in [5.41, 5.74) is 2.97. The Labute approximate surface area is 162 Å². The molecule has 6 heteroatoms.